The average Bonchev–Trinajstić information content (AvgIpc) is 2.74. The maximum absolute atomic E-state index is 11.6. The molecule has 0 spiro atoms. The summed E-state index contributed by atoms with van der Waals surface area (Å²) in [5.74, 6) is -0.950. The summed E-state index contributed by atoms with van der Waals surface area (Å²) in [6.07, 6.45) is 4.53. The molecule has 6 nitrogen and oxygen atoms in total. The fourth-order valence-electron chi connectivity index (χ4n) is 2.85. The van der Waals surface area contributed by atoms with Crippen LogP contribution in [0.5, 0.6) is 0 Å². The summed E-state index contributed by atoms with van der Waals surface area (Å²) in [4.78, 5) is 18.0. The summed E-state index contributed by atoms with van der Waals surface area (Å²) in [6, 6.07) is 0. The second-order valence-corrected chi connectivity index (χ2v) is 5.48. The smallest absolute Gasteiger partial charge is 0.339 e. The minimum absolute atomic E-state index is 0.242. The Morgan fingerprint density at radius 1 is 1.38 bits per heavy atom. The summed E-state index contributed by atoms with van der Waals surface area (Å²) in [5, 5.41) is 14.7. The number of carbonyl (C=O) groups is 1. The molecule has 0 saturated carbocycles. The van der Waals surface area contributed by atoms with Crippen LogP contribution in [-0.2, 0) is 7.05 Å². The van der Waals surface area contributed by atoms with E-state index < -0.39 is 5.97 Å². The molecule has 3 heterocycles. The van der Waals surface area contributed by atoms with Gasteiger partial charge in [-0.15, -0.1) is 0 Å². The highest BCUT2D eigenvalue weighted by atomic mass is 16.4. The molecule has 0 atom stereocenters. The van der Waals surface area contributed by atoms with Crippen molar-refractivity contribution in [2.45, 2.75) is 20.3 Å². The van der Waals surface area contributed by atoms with E-state index in [0.717, 1.165) is 41.9 Å². The number of carboxylic acid groups (broad SMARTS) is 1. The Kier molecular flexibility index (Phi) is 3.16. The van der Waals surface area contributed by atoms with Gasteiger partial charge in [-0.3, -0.25) is 4.68 Å². The molecule has 1 N–H and O–H groups in total. The molecule has 0 aliphatic carbocycles. The number of rotatable bonds is 2. The highest BCUT2D eigenvalue weighted by Crippen LogP contribution is 2.33. The molecular formula is C15H18N4O2. The Balaban J connectivity index is 2.26. The summed E-state index contributed by atoms with van der Waals surface area (Å²) < 4.78 is 1.70. The summed E-state index contributed by atoms with van der Waals surface area (Å²) in [5.41, 5.74) is 3.85. The number of hydrogen-bond donors (Lipinski definition) is 1. The third-order valence-electron chi connectivity index (χ3n) is 3.98. The van der Waals surface area contributed by atoms with Gasteiger partial charge in [0.2, 0.25) is 0 Å². The van der Waals surface area contributed by atoms with Crippen molar-refractivity contribution in [3.8, 4) is 0 Å². The molecule has 2 aromatic heterocycles. The van der Waals surface area contributed by atoms with Crippen molar-refractivity contribution in [2.24, 2.45) is 7.05 Å². The number of anilines is 1. The molecule has 6 heteroatoms. The Hall–Kier alpha value is -2.37. The number of aryl methyl sites for hydroxylation is 2. The van der Waals surface area contributed by atoms with Gasteiger partial charge in [0.1, 0.15) is 5.56 Å². The molecule has 0 fully saturated rings. The van der Waals surface area contributed by atoms with E-state index in [-0.39, 0.29) is 5.56 Å². The van der Waals surface area contributed by atoms with Crippen LogP contribution in [0.3, 0.4) is 0 Å². The van der Waals surface area contributed by atoms with Crippen LogP contribution < -0.4 is 4.90 Å². The first kappa shape index (κ1) is 13.6. The SMILES string of the molecule is CC1=CCN(c2c(C(=O)O)cnc3c2c(C)nn3C)CC1. The Bertz CT molecular complexity index is 761. The number of nitrogens with zero attached hydrogens (tertiary/aromatic N) is 4. The number of pyridine rings is 1. The van der Waals surface area contributed by atoms with Gasteiger partial charge in [-0.2, -0.15) is 5.10 Å². The van der Waals surface area contributed by atoms with E-state index in [1.165, 1.54) is 11.8 Å². The largest absolute Gasteiger partial charge is 0.478 e. The number of aromatic carboxylic acids is 1. The Morgan fingerprint density at radius 2 is 2.14 bits per heavy atom. The van der Waals surface area contributed by atoms with Crippen LogP contribution in [0.2, 0.25) is 0 Å². The van der Waals surface area contributed by atoms with Crippen LogP contribution in [0.4, 0.5) is 5.69 Å². The van der Waals surface area contributed by atoms with Gasteiger partial charge in [-0.25, -0.2) is 9.78 Å². The van der Waals surface area contributed by atoms with Gasteiger partial charge in [0, 0.05) is 26.3 Å². The van der Waals surface area contributed by atoms with Crippen molar-refractivity contribution in [3.63, 3.8) is 0 Å². The fraction of sp³-hybridized carbons (Fsp3) is 0.400. The van der Waals surface area contributed by atoms with E-state index in [9.17, 15) is 9.90 Å². The highest BCUT2D eigenvalue weighted by molar-refractivity contribution is 6.04. The number of hydrogen-bond acceptors (Lipinski definition) is 4. The molecule has 0 unspecified atom stereocenters. The summed E-state index contributed by atoms with van der Waals surface area (Å²) in [7, 11) is 1.83. The molecule has 110 valence electrons. The van der Waals surface area contributed by atoms with E-state index in [4.69, 9.17) is 0 Å². The molecular weight excluding hydrogens is 268 g/mol. The van der Waals surface area contributed by atoms with Crippen molar-refractivity contribution in [1.82, 2.24) is 14.8 Å². The van der Waals surface area contributed by atoms with Gasteiger partial charge in [0.05, 0.1) is 16.8 Å². The number of aromatic nitrogens is 3. The summed E-state index contributed by atoms with van der Waals surface area (Å²) in [6.45, 7) is 5.53. The first-order chi connectivity index (χ1) is 9.99. The van der Waals surface area contributed by atoms with E-state index in [0.29, 0.717) is 0 Å². The molecule has 2 aromatic rings. The van der Waals surface area contributed by atoms with Gasteiger partial charge in [-0.05, 0) is 20.3 Å². The first-order valence-corrected chi connectivity index (χ1v) is 6.95. The lowest BCUT2D eigenvalue weighted by molar-refractivity contribution is 0.0697. The fourth-order valence-corrected chi connectivity index (χ4v) is 2.85. The minimum Gasteiger partial charge on any atom is -0.478 e. The van der Waals surface area contributed by atoms with Crippen LogP contribution in [0.25, 0.3) is 11.0 Å². The zero-order chi connectivity index (χ0) is 15.1. The van der Waals surface area contributed by atoms with Crippen molar-refractivity contribution < 1.29 is 9.90 Å². The molecule has 21 heavy (non-hydrogen) atoms. The maximum Gasteiger partial charge on any atom is 0.339 e. The van der Waals surface area contributed by atoms with Gasteiger partial charge in [0.15, 0.2) is 5.65 Å². The molecule has 0 radical (unpaired) electrons. The van der Waals surface area contributed by atoms with Crippen LogP contribution in [0.15, 0.2) is 17.8 Å². The van der Waals surface area contributed by atoms with Crippen LogP contribution >= 0.6 is 0 Å². The average molecular weight is 286 g/mol. The van der Waals surface area contributed by atoms with Gasteiger partial charge in [-0.1, -0.05) is 11.6 Å². The van der Waals surface area contributed by atoms with E-state index in [1.54, 1.807) is 4.68 Å². The van der Waals surface area contributed by atoms with Crippen molar-refractivity contribution >= 4 is 22.7 Å². The van der Waals surface area contributed by atoms with Crippen molar-refractivity contribution in [2.75, 3.05) is 18.0 Å². The second kappa shape index (κ2) is 4.87. The zero-order valence-electron chi connectivity index (χ0n) is 12.4. The Labute approximate surface area is 122 Å². The molecule has 0 bridgehead atoms. The molecule has 1 aliphatic rings. The van der Waals surface area contributed by atoms with Crippen molar-refractivity contribution in [1.29, 1.82) is 0 Å². The van der Waals surface area contributed by atoms with E-state index in [1.807, 2.05) is 14.0 Å². The predicted octanol–water partition coefficient (Wildman–Crippen LogP) is 2.13. The van der Waals surface area contributed by atoms with Crippen LogP contribution in [-0.4, -0.2) is 38.9 Å². The topological polar surface area (TPSA) is 71.2 Å². The van der Waals surface area contributed by atoms with E-state index in [2.05, 4.69) is 28.0 Å². The summed E-state index contributed by atoms with van der Waals surface area (Å²) >= 11 is 0. The monoisotopic (exact) mass is 286 g/mol. The van der Waals surface area contributed by atoms with Crippen LogP contribution in [0, 0.1) is 6.92 Å². The molecule has 0 aromatic carbocycles. The quantitative estimate of drug-likeness (QED) is 0.856. The van der Waals surface area contributed by atoms with E-state index >= 15 is 0 Å². The standard InChI is InChI=1S/C15H18N4O2/c1-9-4-6-19(7-5-9)13-11(15(20)21)8-16-14-12(13)10(2)17-18(14)3/h4,8H,5-7H2,1-3H3,(H,20,21). The van der Waals surface area contributed by atoms with Crippen LogP contribution in [0.1, 0.15) is 29.4 Å². The molecule has 0 saturated heterocycles. The van der Waals surface area contributed by atoms with Gasteiger partial charge >= 0.3 is 5.97 Å². The second-order valence-electron chi connectivity index (χ2n) is 5.48. The zero-order valence-corrected chi connectivity index (χ0v) is 12.4. The molecule has 1 aliphatic heterocycles. The molecule has 3 rings (SSSR count). The lowest BCUT2D eigenvalue weighted by Crippen LogP contribution is -2.30. The maximum atomic E-state index is 11.6. The third-order valence-corrected chi connectivity index (χ3v) is 3.98. The van der Waals surface area contributed by atoms with Gasteiger partial charge < -0.3 is 10.0 Å². The van der Waals surface area contributed by atoms with Crippen molar-refractivity contribution in [3.05, 3.63) is 29.1 Å². The normalized spacial score (nSPS) is 15.4. The predicted molar refractivity (Wildman–Crippen MR) is 80.8 cm³/mol. The Morgan fingerprint density at radius 3 is 2.76 bits per heavy atom. The minimum atomic E-state index is -0.950. The lowest BCUT2D eigenvalue weighted by atomic mass is 10.1. The van der Waals surface area contributed by atoms with Gasteiger partial charge in [0.25, 0.3) is 0 Å². The lowest BCUT2D eigenvalue weighted by Gasteiger charge is -2.29. The third kappa shape index (κ3) is 2.16. The molecule has 0 amide bonds. The number of carboxylic acids is 1. The number of fused-ring (bicyclic) bond motifs is 1. The first-order valence-electron chi connectivity index (χ1n) is 6.95. The highest BCUT2D eigenvalue weighted by Gasteiger charge is 2.24.